The van der Waals surface area contributed by atoms with Crippen molar-refractivity contribution in [2.75, 3.05) is 0 Å². The predicted molar refractivity (Wildman–Crippen MR) is 178 cm³/mol. The van der Waals surface area contributed by atoms with Crippen molar-refractivity contribution in [3.05, 3.63) is 103 Å². The summed E-state index contributed by atoms with van der Waals surface area (Å²) in [5.41, 5.74) is -0.914. The molecule has 6 rings (SSSR count). The van der Waals surface area contributed by atoms with E-state index in [-0.39, 0.29) is 27.8 Å². The number of phenols is 1. The zero-order valence-corrected chi connectivity index (χ0v) is 28.6. The minimum absolute atomic E-state index is 0.00586. The molecule has 0 heterocycles. The van der Waals surface area contributed by atoms with Crippen LogP contribution in [-0.4, -0.2) is 40.3 Å². The van der Waals surface area contributed by atoms with Crippen molar-refractivity contribution < 1.29 is 91.1 Å². The molecule has 0 fully saturated rings. The lowest BCUT2D eigenvalue weighted by Crippen LogP contribution is -2.19. The first-order valence-electron chi connectivity index (χ1n) is 15.3. The molecule has 0 atom stereocenters. The first kappa shape index (κ1) is 42.2. The molecule has 6 aromatic rings. The van der Waals surface area contributed by atoms with Crippen molar-refractivity contribution in [2.45, 2.75) is 25.4 Å². The molecule has 300 valence electrons. The average molecular weight is 839 g/mol. The lowest BCUT2D eigenvalue weighted by atomic mass is 9.87. The van der Waals surface area contributed by atoms with Gasteiger partial charge in [-0.25, -0.2) is 0 Å². The second-order valence-electron chi connectivity index (χ2n) is 11.4. The third-order valence-corrected chi connectivity index (χ3v) is 7.49. The van der Waals surface area contributed by atoms with Gasteiger partial charge < -0.3 is 24.1 Å². The molecule has 0 aliphatic rings. The van der Waals surface area contributed by atoms with Gasteiger partial charge in [0.1, 0.15) is 28.7 Å². The standard InChI is InChI=1S/C36H18F12O5.HO3P/c37-33(38,39)50-23-10-21(11-24(16-23)51-34(40,41)42)20-9-18-5-1-3-7-27(18)30(15-20)31-28-8-4-2-6-19(28)14-29(32(31)49)22-12-25(52-35(43,44)45)17-26(13-22)53-36(46,47)48;1-4(2)3/h1-17,49H;(H-,1,2,3)/p+1. The van der Waals surface area contributed by atoms with Gasteiger partial charge in [0.15, 0.2) is 0 Å². The fourth-order valence-corrected chi connectivity index (χ4v) is 5.75. The summed E-state index contributed by atoms with van der Waals surface area (Å²) in [6, 6.07) is 20.2. The summed E-state index contributed by atoms with van der Waals surface area (Å²) < 4.78 is 182. The van der Waals surface area contributed by atoms with Crippen LogP contribution in [0.15, 0.2) is 103 Å². The van der Waals surface area contributed by atoms with Crippen LogP contribution in [0.4, 0.5) is 52.7 Å². The Morgan fingerprint density at radius 1 is 0.439 bits per heavy atom. The number of fused-ring (bicyclic) bond motifs is 2. The van der Waals surface area contributed by atoms with Crippen LogP contribution >= 0.6 is 8.25 Å². The van der Waals surface area contributed by atoms with Crippen molar-refractivity contribution in [1.82, 2.24) is 0 Å². The molecule has 0 amide bonds. The minimum atomic E-state index is -5.34. The SMILES string of the molecule is O=[P+](O)O.Oc1c(-c2cc(OC(F)(F)F)cc(OC(F)(F)F)c2)cc2ccccc2c1-c1cc(-c2cc(OC(F)(F)F)cc(OC(F)(F)F)c2)cc2ccccc12. The fraction of sp³-hybridized carbons (Fsp3) is 0.111. The number of phenolic OH excluding ortho intramolecular Hbond substituents is 1. The van der Waals surface area contributed by atoms with Gasteiger partial charge in [-0.1, -0.05) is 48.5 Å². The van der Waals surface area contributed by atoms with Gasteiger partial charge in [-0.3, -0.25) is 0 Å². The van der Waals surface area contributed by atoms with E-state index in [2.05, 4.69) is 18.9 Å². The number of halogens is 12. The van der Waals surface area contributed by atoms with Crippen LogP contribution in [0.2, 0.25) is 0 Å². The minimum Gasteiger partial charge on any atom is -0.507 e. The maximum Gasteiger partial charge on any atom is 0.692 e. The van der Waals surface area contributed by atoms with Crippen molar-refractivity contribution >= 4 is 29.8 Å². The molecule has 0 aromatic heterocycles. The van der Waals surface area contributed by atoms with Crippen molar-refractivity contribution in [1.29, 1.82) is 0 Å². The van der Waals surface area contributed by atoms with Crippen molar-refractivity contribution in [3.63, 3.8) is 0 Å². The van der Waals surface area contributed by atoms with E-state index < -0.39 is 68.0 Å². The van der Waals surface area contributed by atoms with Crippen LogP contribution in [0.3, 0.4) is 0 Å². The summed E-state index contributed by atoms with van der Waals surface area (Å²) in [6.07, 6.45) is -21.3. The van der Waals surface area contributed by atoms with E-state index in [1.807, 2.05) is 0 Å². The molecule has 3 N–H and O–H groups in total. The number of benzene rings is 6. The highest BCUT2D eigenvalue weighted by Crippen LogP contribution is 2.49. The molecule has 57 heavy (non-hydrogen) atoms. The van der Waals surface area contributed by atoms with E-state index in [9.17, 15) is 57.8 Å². The molecule has 0 aliphatic heterocycles. The van der Waals surface area contributed by atoms with Crippen LogP contribution in [0.25, 0.3) is 54.9 Å². The van der Waals surface area contributed by atoms with E-state index in [0.717, 1.165) is 12.1 Å². The third kappa shape index (κ3) is 11.5. The van der Waals surface area contributed by atoms with E-state index in [1.165, 1.54) is 30.3 Å². The molecule has 21 heteroatoms. The van der Waals surface area contributed by atoms with Crippen molar-refractivity contribution in [2.24, 2.45) is 0 Å². The average Bonchev–Trinajstić information content (AvgIpc) is 3.04. The van der Waals surface area contributed by atoms with E-state index in [0.29, 0.717) is 45.8 Å². The molecule has 8 nitrogen and oxygen atoms in total. The Morgan fingerprint density at radius 3 is 1.21 bits per heavy atom. The number of aromatic hydroxyl groups is 1. The summed E-state index contributed by atoms with van der Waals surface area (Å²) in [5, 5.41) is 13.2. The molecular formula is C36H20F12O8P+. The Morgan fingerprint density at radius 2 is 0.789 bits per heavy atom. The van der Waals surface area contributed by atoms with Gasteiger partial charge in [-0.15, -0.1) is 62.5 Å². The molecule has 0 saturated carbocycles. The molecular weight excluding hydrogens is 819 g/mol. The van der Waals surface area contributed by atoms with Gasteiger partial charge in [0.05, 0.1) is 0 Å². The number of rotatable bonds is 7. The largest absolute Gasteiger partial charge is 0.692 e. The first-order chi connectivity index (χ1) is 26.3. The van der Waals surface area contributed by atoms with Crippen LogP contribution < -0.4 is 18.9 Å². The third-order valence-electron chi connectivity index (χ3n) is 7.49. The lowest BCUT2D eigenvalue weighted by molar-refractivity contribution is -0.278. The summed E-state index contributed by atoms with van der Waals surface area (Å²) in [5.74, 6) is -5.03. The smallest absolute Gasteiger partial charge is 0.507 e. The second-order valence-corrected chi connectivity index (χ2v) is 11.9. The van der Waals surface area contributed by atoms with Crippen LogP contribution in [0, 0.1) is 0 Å². The Hall–Kier alpha value is -5.98. The van der Waals surface area contributed by atoms with Gasteiger partial charge in [-0.2, -0.15) is 0 Å². The zero-order valence-electron chi connectivity index (χ0n) is 27.7. The number of hydrogen-bond acceptors (Lipinski definition) is 6. The topological polar surface area (TPSA) is 115 Å². The lowest BCUT2D eigenvalue weighted by Gasteiger charge is -2.19. The Labute approximate surface area is 311 Å². The maximum absolute atomic E-state index is 13.2. The Kier molecular flexibility index (Phi) is 11.7. The monoisotopic (exact) mass is 839 g/mol. The van der Waals surface area contributed by atoms with Crippen LogP contribution in [-0.2, 0) is 4.57 Å². The summed E-state index contributed by atoms with van der Waals surface area (Å²) in [6.45, 7) is 0. The van der Waals surface area contributed by atoms with E-state index >= 15 is 0 Å². The van der Waals surface area contributed by atoms with Crippen LogP contribution in [0.5, 0.6) is 28.7 Å². The molecule has 0 bridgehead atoms. The highest BCUT2D eigenvalue weighted by atomic mass is 31.1. The molecule has 0 aliphatic carbocycles. The normalized spacial score (nSPS) is 12.2. The highest BCUT2D eigenvalue weighted by Gasteiger charge is 2.36. The quantitative estimate of drug-likeness (QED) is 0.108. The summed E-state index contributed by atoms with van der Waals surface area (Å²) in [7, 11) is -2.87. The Balaban J connectivity index is 0.00000148. The number of hydrogen-bond donors (Lipinski definition) is 3. The fourth-order valence-electron chi connectivity index (χ4n) is 5.75. The van der Waals surface area contributed by atoms with Crippen LogP contribution in [0.1, 0.15) is 0 Å². The summed E-state index contributed by atoms with van der Waals surface area (Å²) in [4.78, 5) is 14.2. The molecule has 0 saturated heterocycles. The first-order valence-corrected chi connectivity index (χ1v) is 16.5. The molecule has 0 radical (unpaired) electrons. The van der Waals surface area contributed by atoms with Gasteiger partial charge >= 0.3 is 33.7 Å². The van der Waals surface area contributed by atoms with Gasteiger partial charge in [0, 0.05) is 27.8 Å². The second kappa shape index (κ2) is 15.9. The maximum atomic E-state index is 13.2. The zero-order chi connectivity index (χ0) is 42.1. The Bertz CT molecular complexity index is 2370. The number of alkyl halides is 12. The molecule has 0 spiro atoms. The van der Waals surface area contributed by atoms with Gasteiger partial charge in [0.2, 0.25) is 0 Å². The molecule has 0 unspecified atom stereocenters. The van der Waals surface area contributed by atoms with E-state index in [4.69, 9.17) is 14.4 Å². The van der Waals surface area contributed by atoms with Gasteiger partial charge in [0.25, 0.3) is 0 Å². The number of ether oxygens (including phenoxy) is 4. The highest BCUT2D eigenvalue weighted by molar-refractivity contribution is 7.30. The summed E-state index contributed by atoms with van der Waals surface area (Å²) >= 11 is 0. The predicted octanol–water partition coefficient (Wildman–Crippen LogP) is 11.9. The van der Waals surface area contributed by atoms with Gasteiger partial charge in [-0.05, 0) is 86.3 Å². The van der Waals surface area contributed by atoms with E-state index in [1.54, 1.807) is 36.4 Å². The van der Waals surface area contributed by atoms with Crippen molar-refractivity contribution in [3.8, 4) is 62.1 Å². The molecule has 6 aromatic carbocycles.